The van der Waals surface area contributed by atoms with Crippen LogP contribution in [0.1, 0.15) is 16.9 Å². The molecule has 8 heteroatoms. The number of aryl methyl sites for hydroxylation is 1. The highest BCUT2D eigenvalue weighted by atomic mass is 32.2. The average Bonchev–Trinajstić information content (AvgIpc) is 3.22. The number of nitrogens with one attached hydrogen (secondary N) is 2. The molecule has 0 atom stereocenters. The van der Waals surface area contributed by atoms with Gasteiger partial charge in [-0.25, -0.2) is 17.5 Å². The lowest BCUT2D eigenvalue weighted by Crippen LogP contribution is -2.22. The van der Waals surface area contributed by atoms with Gasteiger partial charge in [-0.05, 0) is 60.5 Å². The van der Waals surface area contributed by atoms with Crippen molar-refractivity contribution >= 4 is 27.7 Å². The zero-order chi connectivity index (χ0) is 20.9. The predicted octanol–water partition coefficient (Wildman–Crippen LogP) is 3.86. The second-order valence-electron chi connectivity index (χ2n) is 6.25. The van der Waals surface area contributed by atoms with E-state index in [1.807, 2.05) is 0 Å². The number of sulfonamides is 1. The highest BCUT2D eigenvalue weighted by molar-refractivity contribution is 7.89. The molecule has 0 radical (unpaired) electrons. The quantitative estimate of drug-likeness (QED) is 0.575. The van der Waals surface area contributed by atoms with Crippen LogP contribution >= 0.6 is 0 Å². The molecule has 1 amide bonds. The van der Waals surface area contributed by atoms with Crippen molar-refractivity contribution in [3.8, 4) is 0 Å². The van der Waals surface area contributed by atoms with Gasteiger partial charge in [0, 0.05) is 11.8 Å². The fraction of sp³-hybridized carbons (Fsp3) is 0.0952. The monoisotopic (exact) mass is 414 g/mol. The van der Waals surface area contributed by atoms with E-state index in [0.717, 1.165) is 5.56 Å². The summed E-state index contributed by atoms with van der Waals surface area (Å²) in [6, 6.07) is 13.5. The standard InChI is InChI=1S/C21H19FN2O4S/c1-15-4-8-17(22)13-20(15)24-21(25)11-7-16-5-9-19(10-6-16)29(26,27)23-14-18-3-2-12-28-18/h2-13,23H,14H2,1H3,(H,24,25)/b11-7+. The smallest absolute Gasteiger partial charge is 0.248 e. The molecule has 0 saturated heterocycles. The molecule has 0 fully saturated rings. The maximum absolute atomic E-state index is 13.3. The van der Waals surface area contributed by atoms with Crippen molar-refractivity contribution in [3.63, 3.8) is 0 Å². The van der Waals surface area contributed by atoms with E-state index in [-0.39, 0.29) is 11.4 Å². The third-order valence-corrected chi connectivity index (χ3v) is 5.51. The summed E-state index contributed by atoms with van der Waals surface area (Å²) in [6.07, 6.45) is 4.30. The van der Waals surface area contributed by atoms with Crippen LogP contribution in [0.2, 0.25) is 0 Å². The van der Waals surface area contributed by atoms with Gasteiger partial charge in [-0.1, -0.05) is 18.2 Å². The fourth-order valence-corrected chi connectivity index (χ4v) is 3.49. The Morgan fingerprint density at radius 1 is 1.14 bits per heavy atom. The molecule has 3 rings (SSSR count). The van der Waals surface area contributed by atoms with Gasteiger partial charge in [0.1, 0.15) is 11.6 Å². The predicted molar refractivity (Wildman–Crippen MR) is 108 cm³/mol. The largest absolute Gasteiger partial charge is 0.468 e. The van der Waals surface area contributed by atoms with E-state index in [9.17, 15) is 17.6 Å². The number of hydrogen-bond donors (Lipinski definition) is 2. The summed E-state index contributed by atoms with van der Waals surface area (Å²) < 4.78 is 45.4. The Morgan fingerprint density at radius 2 is 1.90 bits per heavy atom. The van der Waals surface area contributed by atoms with E-state index in [1.165, 1.54) is 42.7 Å². The Hall–Kier alpha value is -3.23. The summed E-state index contributed by atoms with van der Waals surface area (Å²) in [5.41, 5.74) is 1.77. The van der Waals surface area contributed by atoms with Gasteiger partial charge < -0.3 is 9.73 Å². The van der Waals surface area contributed by atoms with E-state index in [2.05, 4.69) is 10.0 Å². The fourth-order valence-electron chi connectivity index (χ4n) is 2.50. The summed E-state index contributed by atoms with van der Waals surface area (Å²) >= 11 is 0. The average molecular weight is 414 g/mol. The number of benzene rings is 2. The number of furan rings is 1. The number of amides is 1. The second kappa shape index (κ2) is 8.85. The van der Waals surface area contributed by atoms with Crippen LogP contribution in [0.25, 0.3) is 6.08 Å². The first kappa shape index (κ1) is 20.5. The Labute approximate surface area is 168 Å². The van der Waals surface area contributed by atoms with Crippen molar-refractivity contribution in [2.75, 3.05) is 5.32 Å². The van der Waals surface area contributed by atoms with Crippen LogP contribution in [0.4, 0.5) is 10.1 Å². The van der Waals surface area contributed by atoms with Crippen LogP contribution in [0, 0.1) is 12.7 Å². The van der Waals surface area contributed by atoms with Gasteiger partial charge in [-0.2, -0.15) is 0 Å². The minimum atomic E-state index is -3.68. The minimum absolute atomic E-state index is 0.0522. The second-order valence-corrected chi connectivity index (χ2v) is 8.02. The maximum atomic E-state index is 13.3. The van der Waals surface area contributed by atoms with Crippen molar-refractivity contribution in [3.05, 3.63) is 89.6 Å². The molecule has 0 aliphatic carbocycles. The normalized spacial score (nSPS) is 11.7. The molecule has 0 aliphatic heterocycles. The number of anilines is 1. The van der Waals surface area contributed by atoms with Crippen molar-refractivity contribution < 1.29 is 22.0 Å². The van der Waals surface area contributed by atoms with Gasteiger partial charge in [0.2, 0.25) is 15.9 Å². The summed E-state index contributed by atoms with van der Waals surface area (Å²) in [5.74, 6) is -0.351. The lowest BCUT2D eigenvalue weighted by Gasteiger charge is -2.06. The van der Waals surface area contributed by atoms with Crippen LogP contribution in [0.15, 0.2) is 76.2 Å². The molecule has 1 heterocycles. The zero-order valence-electron chi connectivity index (χ0n) is 15.6. The SMILES string of the molecule is Cc1ccc(F)cc1NC(=O)/C=C/c1ccc(S(=O)(=O)NCc2ccco2)cc1. The number of halogens is 1. The van der Waals surface area contributed by atoms with Crippen LogP contribution in [0.3, 0.4) is 0 Å². The highest BCUT2D eigenvalue weighted by Crippen LogP contribution is 2.16. The lowest BCUT2D eigenvalue weighted by molar-refractivity contribution is -0.111. The van der Waals surface area contributed by atoms with E-state index < -0.39 is 21.7 Å². The molecular weight excluding hydrogens is 395 g/mol. The summed E-state index contributed by atoms with van der Waals surface area (Å²) in [7, 11) is -3.68. The molecule has 29 heavy (non-hydrogen) atoms. The number of rotatable bonds is 7. The first-order valence-electron chi connectivity index (χ1n) is 8.71. The van der Waals surface area contributed by atoms with Gasteiger partial charge in [-0.3, -0.25) is 4.79 Å². The van der Waals surface area contributed by atoms with E-state index >= 15 is 0 Å². The summed E-state index contributed by atoms with van der Waals surface area (Å²) in [6.45, 7) is 1.81. The third kappa shape index (κ3) is 5.63. The molecular formula is C21H19FN2O4S. The molecule has 0 aliphatic rings. The maximum Gasteiger partial charge on any atom is 0.248 e. The molecule has 150 valence electrons. The van der Waals surface area contributed by atoms with Gasteiger partial charge >= 0.3 is 0 Å². The van der Waals surface area contributed by atoms with Crippen molar-refractivity contribution in [2.45, 2.75) is 18.4 Å². The van der Waals surface area contributed by atoms with E-state index in [1.54, 1.807) is 37.3 Å². The molecule has 6 nitrogen and oxygen atoms in total. The van der Waals surface area contributed by atoms with Gasteiger partial charge in [0.05, 0.1) is 17.7 Å². The molecule has 2 aromatic carbocycles. The number of carbonyl (C=O) groups excluding carboxylic acids is 1. The van der Waals surface area contributed by atoms with Gasteiger partial charge in [-0.15, -0.1) is 0 Å². The molecule has 3 aromatic rings. The van der Waals surface area contributed by atoms with Crippen molar-refractivity contribution in [1.29, 1.82) is 0 Å². The van der Waals surface area contributed by atoms with Gasteiger partial charge in [0.25, 0.3) is 0 Å². The Balaban J connectivity index is 1.62. The molecule has 0 bridgehead atoms. The molecule has 1 aromatic heterocycles. The first-order valence-corrected chi connectivity index (χ1v) is 10.2. The van der Waals surface area contributed by atoms with E-state index in [0.29, 0.717) is 17.0 Å². The molecule has 2 N–H and O–H groups in total. The molecule has 0 unspecified atom stereocenters. The third-order valence-electron chi connectivity index (χ3n) is 4.09. The van der Waals surface area contributed by atoms with E-state index in [4.69, 9.17) is 4.42 Å². The van der Waals surface area contributed by atoms with Gasteiger partial charge in [0.15, 0.2) is 0 Å². The Bertz CT molecular complexity index is 1120. The van der Waals surface area contributed by atoms with Crippen molar-refractivity contribution in [2.24, 2.45) is 0 Å². The summed E-state index contributed by atoms with van der Waals surface area (Å²) in [5, 5.41) is 2.61. The first-order chi connectivity index (χ1) is 13.8. The van der Waals surface area contributed by atoms with Crippen LogP contribution in [-0.4, -0.2) is 14.3 Å². The minimum Gasteiger partial charge on any atom is -0.468 e. The number of hydrogen-bond acceptors (Lipinski definition) is 4. The van der Waals surface area contributed by atoms with Crippen molar-refractivity contribution in [1.82, 2.24) is 4.72 Å². The Kier molecular flexibility index (Phi) is 6.26. The van der Waals surface area contributed by atoms with Crippen LogP contribution in [0.5, 0.6) is 0 Å². The number of carbonyl (C=O) groups is 1. The topological polar surface area (TPSA) is 88.4 Å². The van der Waals surface area contributed by atoms with Crippen LogP contribution < -0.4 is 10.0 Å². The molecule has 0 saturated carbocycles. The molecule has 0 spiro atoms. The Morgan fingerprint density at radius 3 is 2.59 bits per heavy atom. The zero-order valence-corrected chi connectivity index (χ0v) is 16.4. The summed E-state index contributed by atoms with van der Waals surface area (Å²) in [4.78, 5) is 12.1. The van der Waals surface area contributed by atoms with Crippen LogP contribution in [-0.2, 0) is 21.4 Å². The highest BCUT2D eigenvalue weighted by Gasteiger charge is 2.14. The lowest BCUT2D eigenvalue weighted by atomic mass is 10.2.